The van der Waals surface area contributed by atoms with E-state index >= 15 is 0 Å². The third-order valence-electron chi connectivity index (χ3n) is 2.88. The van der Waals surface area contributed by atoms with Gasteiger partial charge in [-0.15, -0.1) is 0 Å². The molecule has 1 aliphatic rings. The Balaban J connectivity index is 2.13. The van der Waals surface area contributed by atoms with Gasteiger partial charge in [0.2, 0.25) is 0 Å². The minimum absolute atomic E-state index is 0.0747. The molecule has 0 aliphatic heterocycles. The number of carbonyl (C=O) groups excluding carboxylic acids is 1. The molecule has 0 atom stereocenters. The van der Waals surface area contributed by atoms with Gasteiger partial charge in [-0.1, -0.05) is 0 Å². The van der Waals surface area contributed by atoms with Crippen LogP contribution >= 0.6 is 0 Å². The lowest BCUT2D eigenvalue weighted by molar-refractivity contribution is 0.0697. The van der Waals surface area contributed by atoms with Gasteiger partial charge in [0.15, 0.2) is 0 Å². The minimum Gasteiger partial charge on any atom is -0.478 e. The first kappa shape index (κ1) is 12.3. The lowest BCUT2D eigenvalue weighted by Crippen LogP contribution is -2.37. The zero-order valence-electron chi connectivity index (χ0n) is 9.79. The van der Waals surface area contributed by atoms with Gasteiger partial charge in [-0.3, -0.25) is 0 Å². The third kappa shape index (κ3) is 2.77. The van der Waals surface area contributed by atoms with E-state index in [1.54, 1.807) is 0 Å². The van der Waals surface area contributed by atoms with E-state index in [0.29, 0.717) is 0 Å². The van der Waals surface area contributed by atoms with Crippen molar-refractivity contribution in [1.82, 2.24) is 5.32 Å². The Morgan fingerprint density at radius 2 is 2.06 bits per heavy atom. The van der Waals surface area contributed by atoms with Gasteiger partial charge in [0.25, 0.3) is 0 Å². The molecule has 96 valence electrons. The highest BCUT2D eigenvalue weighted by atomic mass is 19.1. The van der Waals surface area contributed by atoms with Crippen LogP contribution in [0.25, 0.3) is 0 Å². The molecule has 18 heavy (non-hydrogen) atoms. The lowest BCUT2D eigenvalue weighted by atomic mass is 10.1. The predicted octanol–water partition coefficient (Wildman–Crippen LogP) is 2.20. The fraction of sp³-hybridized carbons (Fsp3) is 0.333. The van der Waals surface area contributed by atoms with E-state index in [1.807, 2.05) is 6.92 Å². The van der Waals surface area contributed by atoms with Crippen molar-refractivity contribution in [3.8, 4) is 0 Å². The van der Waals surface area contributed by atoms with E-state index in [-0.39, 0.29) is 16.8 Å². The number of benzene rings is 1. The summed E-state index contributed by atoms with van der Waals surface area (Å²) >= 11 is 0. The first-order valence-electron chi connectivity index (χ1n) is 5.52. The molecule has 0 bridgehead atoms. The summed E-state index contributed by atoms with van der Waals surface area (Å²) in [7, 11) is 0. The van der Waals surface area contributed by atoms with Crippen LogP contribution in [0.5, 0.6) is 0 Å². The topological polar surface area (TPSA) is 78.4 Å². The molecular weight excluding hydrogens is 239 g/mol. The highest BCUT2D eigenvalue weighted by Crippen LogP contribution is 2.34. The summed E-state index contributed by atoms with van der Waals surface area (Å²) in [4.78, 5) is 22.5. The molecule has 2 amide bonds. The van der Waals surface area contributed by atoms with Gasteiger partial charge in [-0.25, -0.2) is 14.0 Å². The summed E-state index contributed by atoms with van der Waals surface area (Å²) in [6.07, 6.45) is 1.80. The average Bonchev–Trinajstić information content (AvgIpc) is 2.98. The Bertz CT molecular complexity index is 512. The number of rotatable bonds is 3. The predicted molar refractivity (Wildman–Crippen MR) is 63.2 cm³/mol. The van der Waals surface area contributed by atoms with Crippen molar-refractivity contribution in [3.05, 3.63) is 29.6 Å². The number of hydrogen-bond acceptors (Lipinski definition) is 2. The van der Waals surface area contributed by atoms with Crippen LogP contribution in [0.4, 0.5) is 14.9 Å². The Morgan fingerprint density at radius 3 is 2.61 bits per heavy atom. The van der Waals surface area contributed by atoms with Crippen molar-refractivity contribution in [1.29, 1.82) is 0 Å². The Labute approximate surface area is 103 Å². The molecule has 0 saturated heterocycles. The van der Waals surface area contributed by atoms with E-state index in [9.17, 15) is 14.0 Å². The van der Waals surface area contributed by atoms with Crippen LogP contribution in [-0.2, 0) is 0 Å². The molecule has 1 fully saturated rings. The zero-order chi connectivity index (χ0) is 13.3. The standard InChI is InChI=1S/C12H13FN2O3/c1-12(4-5-12)15-11(18)14-9-3-2-7(13)6-8(9)10(16)17/h2-3,6H,4-5H2,1H3,(H,16,17)(H2,14,15,18). The number of carboxylic acids is 1. The summed E-state index contributed by atoms with van der Waals surface area (Å²) in [5.41, 5.74) is -0.398. The van der Waals surface area contributed by atoms with E-state index < -0.39 is 17.8 Å². The van der Waals surface area contributed by atoms with Crippen molar-refractivity contribution in [2.75, 3.05) is 5.32 Å². The van der Waals surface area contributed by atoms with Gasteiger partial charge in [-0.05, 0) is 38.0 Å². The number of urea groups is 1. The fourth-order valence-electron chi connectivity index (χ4n) is 1.54. The van der Waals surface area contributed by atoms with E-state index in [2.05, 4.69) is 10.6 Å². The van der Waals surface area contributed by atoms with E-state index in [0.717, 1.165) is 25.0 Å². The summed E-state index contributed by atoms with van der Waals surface area (Å²) in [6, 6.07) is 2.72. The highest BCUT2D eigenvalue weighted by Gasteiger charge is 2.38. The minimum atomic E-state index is -1.29. The van der Waals surface area contributed by atoms with Gasteiger partial charge in [0.05, 0.1) is 11.3 Å². The SMILES string of the molecule is CC1(NC(=O)Nc2ccc(F)cc2C(=O)O)CC1. The Kier molecular flexibility index (Phi) is 2.94. The largest absolute Gasteiger partial charge is 0.478 e. The number of halogens is 1. The summed E-state index contributed by atoms with van der Waals surface area (Å²) in [5.74, 6) is -1.95. The van der Waals surface area contributed by atoms with Crippen molar-refractivity contribution in [2.24, 2.45) is 0 Å². The molecule has 0 aromatic heterocycles. The first-order valence-corrected chi connectivity index (χ1v) is 5.52. The van der Waals surface area contributed by atoms with Crippen LogP contribution in [0.3, 0.4) is 0 Å². The van der Waals surface area contributed by atoms with Gasteiger partial charge >= 0.3 is 12.0 Å². The highest BCUT2D eigenvalue weighted by molar-refractivity contribution is 6.00. The smallest absolute Gasteiger partial charge is 0.337 e. The molecule has 6 heteroatoms. The van der Waals surface area contributed by atoms with Crippen LogP contribution in [0.2, 0.25) is 0 Å². The molecule has 2 rings (SSSR count). The molecule has 1 aromatic carbocycles. The van der Waals surface area contributed by atoms with Crippen LogP contribution in [0, 0.1) is 5.82 Å². The van der Waals surface area contributed by atoms with Gasteiger partial charge < -0.3 is 15.7 Å². The average molecular weight is 252 g/mol. The number of nitrogens with one attached hydrogen (secondary N) is 2. The molecule has 1 aliphatic carbocycles. The Morgan fingerprint density at radius 1 is 1.39 bits per heavy atom. The van der Waals surface area contributed by atoms with Crippen molar-refractivity contribution < 1.29 is 19.1 Å². The van der Waals surface area contributed by atoms with E-state index in [1.165, 1.54) is 6.07 Å². The van der Waals surface area contributed by atoms with Crippen molar-refractivity contribution in [3.63, 3.8) is 0 Å². The second kappa shape index (κ2) is 4.29. The molecule has 0 heterocycles. The number of amides is 2. The maximum Gasteiger partial charge on any atom is 0.337 e. The summed E-state index contributed by atoms with van der Waals surface area (Å²) in [5, 5.41) is 14.1. The van der Waals surface area contributed by atoms with Crippen LogP contribution in [0.1, 0.15) is 30.1 Å². The molecule has 3 N–H and O–H groups in total. The van der Waals surface area contributed by atoms with Crippen LogP contribution in [0.15, 0.2) is 18.2 Å². The fourth-order valence-corrected chi connectivity index (χ4v) is 1.54. The number of aromatic carboxylic acids is 1. The maximum atomic E-state index is 12.9. The molecule has 5 nitrogen and oxygen atoms in total. The van der Waals surface area contributed by atoms with Crippen LogP contribution < -0.4 is 10.6 Å². The van der Waals surface area contributed by atoms with Gasteiger partial charge in [0.1, 0.15) is 5.82 Å². The molecule has 0 radical (unpaired) electrons. The molecule has 1 aromatic rings. The lowest BCUT2D eigenvalue weighted by Gasteiger charge is -2.13. The van der Waals surface area contributed by atoms with E-state index in [4.69, 9.17) is 5.11 Å². The normalized spacial score (nSPS) is 15.9. The van der Waals surface area contributed by atoms with Crippen molar-refractivity contribution in [2.45, 2.75) is 25.3 Å². The summed E-state index contributed by atoms with van der Waals surface area (Å²) in [6.45, 7) is 1.90. The van der Waals surface area contributed by atoms with Crippen LogP contribution in [-0.4, -0.2) is 22.6 Å². The van der Waals surface area contributed by atoms with Gasteiger partial charge in [0, 0.05) is 5.54 Å². The second-order valence-corrected chi connectivity index (χ2v) is 4.63. The van der Waals surface area contributed by atoms with Gasteiger partial charge in [-0.2, -0.15) is 0 Å². The quantitative estimate of drug-likeness (QED) is 0.771. The second-order valence-electron chi connectivity index (χ2n) is 4.63. The monoisotopic (exact) mass is 252 g/mol. The van der Waals surface area contributed by atoms with Crippen molar-refractivity contribution >= 4 is 17.7 Å². The number of carbonyl (C=O) groups is 2. The zero-order valence-corrected chi connectivity index (χ0v) is 9.79. The number of hydrogen-bond donors (Lipinski definition) is 3. The number of anilines is 1. The maximum absolute atomic E-state index is 12.9. The third-order valence-corrected chi connectivity index (χ3v) is 2.88. The molecule has 0 unspecified atom stereocenters. The Hall–Kier alpha value is -2.11. The molecule has 1 saturated carbocycles. The summed E-state index contributed by atoms with van der Waals surface area (Å²) < 4.78 is 12.9. The number of carboxylic acid groups (broad SMARTS) is 1. The molecular formula is C12H13FN2O3. The first-order chi connectivity index (χ1) is 8.39. The molecule has 0 spiro atoms.